The molecule has 440 valence electrons. The number of ether oxygens (including phenoxy) is 1. The van der Waals surface area contributed by atoms with Crippen LogP contribution in [0.1, 0.15) is 93.0 Å². The molecule has 0 radical (unpaired) electrons. The summed E-state index contributed by atoms with van der Waals surface area (Å²) in [6.07, 6.45) is 0. The average molecular weight is 1180 g/mol. The van der Waals surface area contributed by atoms with Gasteiger partial charge in [0.2, 0.25) is 0 Å². The van der Waals surface area contributed by atoms with Gasteiger partial charge in [0.25, 0.3) is 6.71 Å². The maximum Gasteiger partial charge on any atom is 0.256 e. The third-order valence-corrected chi connectivity index (χ3v) is 20.6. The number of anilines is 9. The molecule has 5 nitrogen and oxygen atoms in total. The molecule has 0 saturated carbocycles. The van der Waals surface area contributed by atoms with E-state index in [1.165, 1.54) is 122 Å². The lowest BCUT2D eigenvalue weighted by molar-refractivity contribution is 0.487. The van der Waals surface area contributed by atoms with Crippen molar-refractivity contribution in [2.24, 2.45) is 0 Å². The first-order valence-electron chi connectivity index (χ1n) is 32.3. The maximum atomic E-state index is 7.28. The Morgan fingerprint density at radius 3 is 1.75 bits per heavy atom. The van der Waals surface area contributed by atoms with E-state index in [0.29, 0.717) is 0 Å². The number of hydrogen-bond acceptors (Lipinski definition) is 4. The van der Waals surface area contributed by atoms with Crippen molar-refractivity contribution in [1.29, 1.82) is 0 Å². The van der Waals surface area contributed by atoms with Gasteiger partial charge in [0.1, 0.15) is 11.5 Å². The number of hydrogen-bond donors (Lipinski definition) is 0. The van der Waals surface area contributed by atoms with Crippen LogP contribution in [0.3, 0.4) is 0 Å². The van der Waals surface area contributed by atoms with E-state index in [-0.39, 0.29) is 23.0 Å². The zero-order chi connectivity index (χ0) is 62.0. The molecule has 0 amide bonds. The van der Waals surface area contributed by atoms with Crippen LogP contribution in [0.4, 0.5) is 51.2 Å². The molecular weight excluding hydrogens is 1100 g/mol. The molecule has 0 N–H and O–H groups in total. The lowest BCUT2D eigenvalue weighted by Gasteiger charge is -2.42. The zero-order valence-electron chi connectivity index (χ0n) is 53.4. The zero-order valence-corrected chi connectivity index (χ0v) is 53.4. The summed E-state index contributed by atoms with van der Waals surface area (Å²) >= 11 is 0. The predicted molar refractivity (Wildman–Crippen MR) is 384 cm³/mol. The van der Waals surface area contributed by atoms with Crippen LogP contribution < -0.4 is 35.8 Å². The van der Waals surface area contributed by atoms with Crippen LogP contribution in [0.5, 0.6) is 11.5 Å². The Morgan fingerprint density at radius 2 is 1.03 bits per heavy atom. The van der Waals surface area contributed by atoms with Gasteiger partial charge in [-0.1, -0.05) is 176 Å². The first-order chi connectivity index (χ1) is 44.0. The number of fused-ring (bicyclic) bond motifs is 12. The number of aromatic nitrogens is 1. The van der Waals surface area contributed by atoms with Crippen LogP contribution >= 0.6 is 0 Å². The standard InChI is InChI=1S/C85H71BN4O/c1-52-42-78-82-80(43-52)91-79-49-65-63-40-39-61(87(57-24-14-11-15-25-57)58-26-16-12-17-27-58)47-68(63)85(9,10)69(65)50-72(79)86(82)71-41-36-56(83(4,5)6)46-77(71)89(78)60-37-34-55(35-38-60)81-53(2)44-62(45-54(81)3)90-73-32-22-20-30-64(73)66-48-76-70(51-75(66)90)84(7,8)67-31-21-23-33-74(67)88(76)59-28-18-13-19-29-59/h11-51H,1-10H3. The first-order valence-corrected chi connectivity index (χ1v) is 32.3. The van der Waals surface area contributed by atoms with E-state index >= 15 is 0 Å². The van der Waals surface area contributed by atoms with Gasteiger partial charge in [-0.15, -0.1) is 0 Å². The van der Waals surface area contributed by atoms with Crippen molar-refractivity contribution in [3.8, 4) is 39.4 Å². The van der Waals surface area contributed by atoms with Crippen LogP contribution in [0.25, 0.3) is 49.7 Å². The molecule has 0 fully saturated rings. The van der Waals surface area contributed by atoms with Crippen molar-refractivity contribution in [3.63, 3.8) is 0 Å². The number of benzene rings is 12. The van der Waals surface area contributed by atoms with Gasteiger partial charge in [-0.25, -0.2) is 0 Å². The van der Waals surface area contributed by atoms with Crippen molar-refractivity contribution in [2.75, 3.05) is 14.7 Å². The van der Waals surface area contributed by atoms with E-state index in [9.17, 15) is 0 Å². The molecule has 0 bridgehead atoms. The van der Waals surface area contributed by atoms with Crippen LogP contribution in [-0.4, -0.2) is 11.3 Å². The van der Waals surface area contributed by atoms with Gasteiger partial charge < -0.3 is 24.0 Å². The van der Waals surface area contributed by atoms with E-state index in [1.54, 1.807) is 0 Å². The fourth-order valence-corrected chi connectivity index (χ4v) is 16.2. The van der Waals surface area contributed by atoms with E-state index in [2.05, 4.69) is 337 Å². The molecule has 17 rings (SSSR count). The summed E-state index contributed by atoms with van der Waals surface area (Å²) in [5.74, 6) is 1.85. The highest BCUT2D eigenvalue weighted by molar-refractivity contribution is 6.99. The quantitative estimate of drug-likeness (QED) is 0.148. The first kappa shape index (κ1) is 54.8. The second-order valence-electron chi connectivity index (χ2n) is 27.9. The third kappa shape index (κ3) is 8.24. The largest absolute Gasteiger partial charge is 0.458 e. The SMILES string of the molecule is Cc1cc2c3c(c1)N(c1ccc(-c4c(C)cc(-n5c6ccccc6c6cc7c(cc65)C(C)(C)c5ccccc5N7c5ccccc5)cc4C)cc1)c1cc(C(C)(C)C)ccc1B3c1cc3c(cc1O2)-c1ccc(N(c2ccccc2)c2ccccc2)cc1C3(C)C. The smallest absolute Gasteiger partial charge is 0.256 e. The molecule has 4 aliphatic rings. The average Bonchev–Trinajstić information content (AvgIpc) is 1.70. The Labute approximate surface area is 535 Å². The van der Waals surface area contributed by atoms with Crippen LogP contribution in [0.2, 0.25) is 0 Å². The summed E-state index contributed by atoms with van der Waals surface area (Å²) < 4.78 is 9.79. The van der Waals surface area contributed by atoms with E-state index in [4.69, 9.17) is 4.74 Å². The highest BCUT2D eigenvalue weighted by Gasteiger charge is 2.46. The molecule has 0 atom stereocenters. The van der Waals surface area contributed by atoms with E-state index in [0.717, 1.165) is 51.2 Å². The van der Waals surface area contributed by atoms with Crippen molar-refractivity contribution in [1.82, 2.24) is 4.57 Å². The summed E-state index contributed by atoms with van der Waals surface area (Å²) in [5, 5.41) is 2.49. The summed E-state index contributed by atoms with van der Waals surface area (Å²) in [6, 6.07) is 93.1. The topological polar surface area (TPSA) is 23.9 Å². The number of para-hydroxylation sites is 5. The van der Waals surface area contributed by atoms with Crippen LogP contribution in [-0.2, 0) is 16.2 Å². The number of rotatable bonds is 7. The minimum Gasteiger partial charge on any atom is -0.458 e. The molecule has 0 saturated heterocycles. The highest BCUT2D eigenvalue weighted by Crippen LogP contribution is 2.56. The predicted octanol–water partition coefficient (Wildman–Crippen LogP) is 21.0. The lowest BCUT2D eigenvalue weighted by Crippen LogP contribution is -2.59. The molecule has 0 unspecified atom stereocenters. The molecular formula is C85H71BN4O. The monoisotopic (exact) mass is 1170 g/mol. The molecule has 6 heteroatoms. The molecule has 12 aromatic carbocycles. The lowest BCUT2D eigenvalue weighted by atomic mass is 9.34. The summed E-state index contributed by atoms with van der Waals surface area (Å²) in [4.78, 5) is 7.36. The van der Waals surface area contributed by atoms with Crippen molar-refractivity contribution in [3.05, 3.63) is 293 Å². The fourth-order valence-electron chi connectivity index (χ4n) is 16.2. The molecule has 91 heavy (non-hydrogen) atoms. The van der Waals surface area contributed by atoms with Crippen LogP contribution in [0.15, 0.2) is 249 Å². The van der Waals surface area contributed by atoms with Gasteiger partial charge in [0.05, 0.1) is 22.4 Å². The van der Waals surface area contributed by atoms with Gasteiger partial charge in [-0.3, -0.25) is 0 Å². The van der Waals surface area contributed by atoms with Gasteiger partial charge in [-0.05, 0) is 231 Å². The Morgan fingerprint density at radius 1 is 0.407 bits per heavy atom. The van der Waals surface area contributed by atoms with Crippen molar-refractivity contribution < 1.29 is 4.74 Å². The second kappa shape index (κ2) is 19.9. The summed E-state index contributed by atoms with van der Waals surface area (Å²) in [5.41, 5.74) is 32.4. The van der Waals surface area contributed by atoms with Gasteiger partial charge in [0, 0.05) is 67.1 Å². The van der Waals surface area contributed by atoms with E-state index in [1.807, 2.05) is 0 Å². The Hall–Kier alpha value is -10.3. The third-order valence-electron chi connectivity index (χ3n) is 20.6. The van der Waals surface area contributed by atoms with Gasteiger partial charge >= 0.3 is 0 Å². The second-order valence-corrected chi connectivity index (χ2v) is 27.9. The van der Waals surface area contributed by atoms with E-state index < -0.39 is 0 Å². The molecule has 13 aromatic rings. The Bertz CT molecular complexity index is 5110. The Balaban J connectivity index is 0.754. The van der Waals surface area contributed by atoms with Crippen molar-refractivity contribution in [2.45, 2.75) is 85.5 Å². The Kier molecular flexibility index (Phi) is 12.0. The summed E-state index contributed by atoms with van der Waals surface area (Å²) in [7, 11) is 0. The van der Waals surface area contributed by atoms with Gasteiger partial charge in [-0.2, -0.15) is 0 Å². The number of aryl methyl sites for hydroxylation is 3. The molecule has 3 aliphatic heterocycles. The molecule has 1 aromatic heterocycles. The van der Waals surface area contributed by atoms with Crippen LogP contribution in [0, 0.1) is 20.8 Å². The number of nitrogens with zero attached hydrogens (tertiary/aromatic N) is 4. The van der Waals surface area contributed by atoms with Gasteiger partial charge in [0.15, 0.2) is 0 Å². The minimum atomic E-state index is -0.286. The molecule has 1 aliphatic carbocycles. The highest BCUT2D eigenvalue weighted by atomic mass is 16.5. The summed E-state index contributed by atoms with van der Waals surface area (Å²) in [6.45, 7) is 23.3. The maximum absolute atomic E-state index is 7.28. The normalized spacial score (nSPS) is 14.5. The molecule has 0 spiro atoms. The fraction of sp³-hybridized carbons (Fsp3) is 0.153. The van der Waals surface area contributed by atoms with Crippen molar-refractivity contribution >= 4 is 96.1 Å². The molecule has 4 heterocycles. The minimum absolute atomic E-state index is 0.0446.